The van der Waals surface area contributed by atoms with E-state index in [1.54, 1.807) is 37.3 Å². The molecule has 1 saturated carbocycles. The van der Waals surface area contributed by atoms with E-state index in [9.17, 15) is 9.18 Å². The second-order valence-corrected chi connectivity index (χ2v) is 7.21. The van der Waals surface area contributed by atoms with Crippen molar-refractivity contribution in [2.24, 2.45) is 0 Å². The maximum absolute atomic E-state index is 14.0. The van der Waals surface area contributed by atoms with Gasteiger partial charge in [-0.1, -0.05) is 12.1 Å². The lowest BCUT2D eigenvalue weighted by molar-refractivity contribution is 0.198. The van der Waals surface area contributed by atoms with Crippen LogP contribution >= 0.6 is 0 Å². The number of nitrogens with zero attached hydrogens (tertiary/aromatic N) is 2. The molecule has 6 nitrogen and oxygen atoms in total. The standard InChI is InChI=1S/C21H27FN4O2/c1-26(2)19-10-9-15(12-18(19)22)13-24-21(27)25-14-16-6-5-11-23-20(16)28-17-7-3-4-8-17/h5-6,9-12,17H,3-4,7-8,13-14H2,1-2H3,(H2,24,25,27). The first kappa shape index (κ1) is 19.9. The first-order valence-corrected chi connectivity index (χ1v) is 9.61. The molecule has 0 atom stereocenters. The summed E-state index contributed by atoms with van der Waals surface area (Å²) in [4.78, 5) is 18.1. The van der Waals surface area contributed by atoms with Crippen LogP contribution in [0.4, 0.5) is 14.9 Å². The molecule has 0 unspecified atom stereocenters. The first-order chi connectivity index (χ1) is 13.5. The second kappa shape index (κ2) is 9.39. The lowest BCUT2D eigenvalue weighted by atomic mass is 10.2. The van der Waals surface area contributed by atoms with Crippen molar-refractivity contribution in [2.45, 2.75) is 44.9 Å². The Labute approximate surface area is 165 Å². The number of benzene rings is 1. The zero-order valence-corrected chi connectivity index (χ0v) is 16.4. The number of pyridine rings is 1. The molecule has 2 aromatic rings. The van der Waals surface area contributed by atoms with Crippen LogP contribution in [0.5, 0.6) is 5.88 Å². The molecular weight excluding hydrogens is 359 g/mol. The summed E-state index contributed by atoms with van der Waals surface area (Å²) in [5, 5.41) is 5.55. The summed E-state index contributed by atoms with van der Waals surface area (Å²) in [5.41, 5.74) is 2.05. The molecule has 28 heavy (non-hydrogen) atoms. The van der Waals surface area contributed by atoms with Crippen LogP contribution in [0.25, 0.3) is 0 Å². The third-order valence-corrected chi connectivity index (χ3v) is 4.82. The maximum atomic E-state index is 14.0. The van der Waals surface area contributed by atoms with Gasteiger partial charge in [0.25, 0.3) is 0 Å². The van der Waals surface area contributed by atoms with E-state index in [4.69, 9.17) is 4.74 Å². The molecule has 1 aromatic carbocycles. The third-order valence-electron chi connectivity index (χ3n) is 4.82. The minimum absolute atomic E-state index is 0.211. The lowest BCUT2D eigenvalue weighted by Crippen LogP contribution is -2.34. The number of carbonyl (C=O) groups excluding carboxylic acids is 1. The average molecular weight is 386 g/mol. The Morgan fingerprint density at radius 1 is 1.21 bits per heavy atom. The number of aromatic nitrogens is 1. The molecule has 1 aromatic heterocycles. The van der Waals surface area contributed by atoms with E-state index < -0.39 is 0 Å². The minimum atomic E-state index is -0.326. The molecule has 0 aliphatic heterocycles. The summed E-state index contributed by atoms with van der Waals surface area (Å²) in [7, 11) is 3.57. The number of halogens is 1. The van der Waals surface area contributed by atoms with Crippen LogP contribution in [0.2, 0.25) is 0 Å². The zero-order valence-electron chi connectivity index (χ0n) is 16.4. The molecule has 1 fully saturated rings. The highest BCUT2D eigenvalue weighted by Gasteiger charge is 2.18. The van der Waals surface area contributed by atoms with Crippen molar-refractivity contribution in [1.82, 2.24) is 15.6 Å². The Hall–Kier alpha value is -2.83. The van der Waals surface area contributed by atoms with E-state index >= 15 is 0 Å². The molecule has 7 heteroatoms. The number of nitrogens with one attached hydrogen (secondary N) is 2. The van der Waals surface area contributed by atoms with Crippen molar-refractivity contribution in [3.05, 3.63) is 53.5 Å². The molecule has 1 heterocycles. The first-order valence-electron chi connectivity index (χ1n) is 9.61. The molecule has 2 N–H and O–H groups in total. The van der Waals surface area contributed by atoms with E-state index in [2.05, 4.69) is 15.6 Å². The van der Waals surface area contributed by atoms with Crippen LogP contribution in [0.15, 0.2) is 36.5 Å². The molecule has 0 radical (unpaired) electrons. The Bertz CT molecular complexity index is 807. The Morgan fingerprint density at radius 3 is 2.68 bits per heavy atom. The molecule has 2 amide bonds. The fraction of sp³-hybridized carbons (Fsp3) is 0.429. The van der Waals surface area contributed by atoms with Gasteiger partial charge in [-0.05, 0) is 49.4 Å². The van der Waals surface area contributed by atoms with E-state index in [0.29, 0.717) is 23.7 Å². The molecular formula is C21H27FN4O2. The number of rotatable bonds is 7. The van der Waals surface area contributed by atoms with Crippen molar-refractivity contribution in [3.8, 4) is 5.88 Å². The SMILES string of the molecule is CN(C)c1ccc(CNC(=O)NCc2cccnc2OC2CCCC2)cc1F. The highest BCUT2D eigenvalue weighted by Crippen LogP contribution is 2.25. The summed E-state index contributed by atoms with van der Waals surface area (Å²) in [5.74, 6) is 0.268. The number of carbonyl (C=O) groups is 1. The Morgan fingerprint density at radius 2 is 1.96 bits per heavy atom. The van der Waals surface area contributed by atoms with Gasteiger partial charge in [-0.25, -0.2) is 14.2 Å². The van der Waals surface area contributed by atoms with Crippen LogP contribution in [0, 0.1) is 5.82 Å². The Kier molecular flexibility index (Phi) is 6.68. The van der Waals surface area contributed by atoms with Crippen molar-refractivity contribution in [2.75, 3.05) is 19.0 Å². The van der Waals surface area contributed by atoms with Gasteiger partial charge < -0.3 is 20.3 Å². The van der Waals surface area contributed by atoms with Crippen LogP contribution < -0.4 is 20.3 Å². The van der Waals surface area contributed by atoms with E-state index in [1.807, 2.05) is 12.1 Å². The van der Waals surface area contributed by atoms with Gasteiger partial charge in [0, 0.05) is 38.9 Å². The van der Waals surface area contributed by atoms with Crippen LogP contribution in [-0.2, 0) is 13.1 Å². The van der Waals surface area contributed by atoms with Gasteiger partial charge in [-0.2, -0.15) is 0 Å². The van der Waals surface area contributed by atoms with Crippen molar-refractivity contribution >= 4 is 11.7 Å². The van der Waals surface area contributed by atoms with Gasteiger partial charge in [0.15, 0.2) is 0 Å². The van der Waals surface area contributed by atoms with E-state index in [1.165, 1.54) is 18.9 Å². The third kappa shape index (κ3) is 5.34. The van der Waals surface area contributed by atoms with Crippen molar-refractivity contribution in [3.63, 3.8) is 0 Å². The summed E-state index contributed by atoms with van der Waals surface area (Å²) in [6, 6.07) is 8.33. The average Bonchev–Trinajstić information content (AvgIpc) is 3.18. The fourth-order valence-corrected chi connectivity index (χ4v) is 3.27. The summed E-state index contributed by atoms with van der Waals surface area (Å²) in [6.07, 6.45) is 6.37. The van der Waals surface area contributed by atoms with E-state index in [0.717, 1.165) is 18.4 Å². The zero-order chi connectivity index (χ0) is 19.9. The van der Waals surface area contributed by atoms with Crippen LogP contribution in [0.1, 0.15) is 36.8 Å². The van der Waals surface area contributed by atoms with Gasteiger partial charge in [-0.15, -0.1) is 0 Å². The fourth-order valence-electron chi connectivity index (χ4n) is 3.27. The van der Waals surface area contributed by atoms with Gasteiger partial charge in [0.1, 0.15) is 11.9 Å². The molecule has 0 bridgehead atoms. The molecule has 0 saturated heterocycles. The van der Waals surface area contributed by atoms with Crippen LogP contribution in [-0.4, -0.2) is 31.2 Å². The monoisotopic (exact) mass is 386 g/mol. The minimum Gasteiger partial charge on any atom is -0.474 e. The normalized spacial score (nSPS) is 14.0. The highest BCUT2D eigenvalue weighted by molar-refractivity contribution is 5.73. The van der Waals surface area contributed by atoms with Crippen molar-refractivity contribution < 1.29 is 13.9 Å². The predicted molar refractivity (Wildman–Crippen MR) is 107 cm³/mol. The smallest absolute Gasteiger partial charge is 0.315 e. The number of hydrogen-bond acceptors (Lipinski definition) is 4. The van der Waals surface area contributed by atoms with Gasteiger partial charge in [0.05, 0.1) is 5.69 Å². The molecule has 1 aliphatic carbocycles. The highest BCUT2D eigenvalue weighted by atomic mass is 19.1. The number of urea groups is 1. The Balaban J connectivity index is 1.50. The van der Waals surface area contributed by atoms with Gasteiger partial charge in [0.2, 0.25) is 5.88 Å². The lowest BCUT2D eigenvalue weighted by Gasteiger charge is -2.16. The summed E-state index contributed by atoms with van der Waals surface area (Å²) >= 11 is 0. The quantitative estimate of drug-likeness (QED) is 0.763. The largest absolute Gasteiger partial charge is 0.474 e. The summed E-state index contributed by atoms with van der Waals surface area (Å²) < 4.78 is 20.0. The predicted octanol–water partition coefficient (Wildman–Crippen LogP) is 3.61. The molecule has 1 aliphatic rings. The summed E-state index contributed by atoms with van der Waals surface area (Å²) in [6.45, 7) is 0.560. The van der Waals surface area contributed by atoms with E-state index in [-0.39, 0.29) is 24.5 Å². The number of hydrogen-bond donors (Lipinski definition) is 2. The number of amides is 2. The van der Waals surface area contributed by atoms with Crippen LogP contribution in [0.3, 0.4) is 0 Å². The second-order valence-electron chi connectivity index (χ2n) is 7.21. The topological polar surface area (TPSA) is 66.5 Å². The number of ether oxygens (including phenoxy) is 1. The molecule has 0 spiro atoms. The maximum Gasteiger partial charge on any atom is 0.315 e. The van der Waals surface area contributed by atoms with Crippen molar-refractivity contribution in [1.29, 1.82) is 0 Å². The van der Waals surface area contributed by atoms with Gasteiger partial charge in [-0.3, -0.25) is 0 Å². The molecule has 150 valence electrons. The number of anilines is 1. The van der Waals surface area contributed by atoms with Gasteiger partial charge >= 0.3 is 6.03 Å². The molecule has 3 rings (SSSR count).